The van der Waals surface area contributed by atoms with Gasteiger partial charge < -0.3 is 9.64 Å². The lowest BCUT2D eigenvalue weighted by molar-refractivity contribution is -0.133. The Kier molecular flexibility index (Phi) is 2.65. The molecule has 1 amide bonds. The average molecular weight is 238 g/mol. The van der Waals surface area contributed by atoms with E-state index in [0.29, 0.717) is 12.5 Å². The van der Waals surface area contributed by atoms with Gasteiger partial charge in [0.25, 0.3) is 0 Å². The van der Waals surface area contributed by atoms with Gasteiger partial charge >= 0.3 is 0 Å². The zero-order valence-electron chi connectivity index (χ0n) is 8.96. The number of fused-ring (bicyclic) bond motifs is 1. The minimum absolute atomic E-state index is 0.0636. The number of carbonyl (C=O) groups is 1. The highest BCUT2D eigenvalue weighted by Crippen LogP contribution is 2.34. The minimum Gasteiger partial charge on any atom is -0.348 e. The van der Waals surface area contributed by atoms with Crippen LogP contribution in [0.5, 0.6) is 0 Å². The molecular formula is C11H14N2O2S. The summed E-state index contributed by atoms with van der Waals surface area (Å²) in [7, 11) is 0. The van der Waals surface area contributed by atoms with E-state index in [1.807, 2.05) is 15.8 Å². The first kappa shape index (κ1) is 10.2. The van der Waals surface area contributed by atoms with E-state index in [1.165, 1.54) is 0 Å². The van der Waals surface area contributed by atoms with Crippen LogP contribution in [0.2, 0.25) is 0 Å². The van der Waals surface area contributed by atoms with Crippen molar-refractivity contribution in [3.8, 4) is 0 Å². The number of aromatic nitrogens is 1. The van der Waals surface area contributed by atoms with Crippen molar-refractivity contribution in [3.05, 3.63) is 16.6 Å². The Balaban J connectivity index is 1.62. The van der Waals surface area contributed by atoms with Crippen LogP contribution >= 0.6 is 11.3 Å². The minimum atomic E-state index is 0.0636. The van der Waals surface area contributed by atoms with Crippen molar-refractivity contribution < 1.29 is 9.53 Å². The van der Waals surface area contributed by atoms with Crippen molar-refractivity contribution in [1.82, 2.24) is 9.88 Å². The van der Waals surface area contributed by atoms with Gasteiger partial charge in [-0.15, -0.1) is 11.3 Å². The molecule has 1 aromatic heterocycles. The van der Waals surface area contributed by atoms with Gasteiger partial charge in [0.15, 0.2) is 6.23 Å². The van der Waals surface area contributed by atoms with Crippen LogP contribution in [-0.2, 0) is 16.0 Å². The Morgan fingerprint density at radius 3 is 3.38 bits per heavy atom. The number of likely N-dealkylation sites (tertiary alicyclic amines) is 1. The van der Waals surface area contributed by atoms with Gasteiger partial charge in [-0.2, -0.15) is 0 Å². The fraction of sp³-hybridized carbons (Fsp3) is 0.636. The predicted octanol–water partition coefficient (Wildman–Crippen LogP) is 1.42. The van der Waals surface area contributed by atoms with E-state index < -0.39 is 0 Å². The molecule has 2 aliphatic heterocycles. The topological polar surface area (TPSA) is 45.7 Å². The summed E-state index contributed by atoms with van der Waals surface area (Å²) in [4.78, 5) is 18.0. The molecule has 0 radical (unpaired) electrons. The Labute approximate surface area is 98.2 Å². The second-order valence-corrected chi connectivity index (χ2v) is 4.99. The third kappa shape index (κ3) is 1.97. The molecule has 1 aromatic rings. The number of epoxide rings is 1. The molecular weight excluding hydrogens is 224 g/mol. The summed E-state index contributed by atoms with van der Waals surface area (Å²) in [5, 5.41) is 2.04. The molecule has 0 N–H and O–H groups in total. The van der Waals surface area contributed by atoms with Crippen molar-refractivity contribution in [3.63, 3.8) is 0 Å². The van der Waals surface area contributed by atoms with Crippen LogP contribution in [0.25, 0.3) is 0 Å². The van der Waals surface area contributed by atoms with Crippen LogP contribution in [0.3, 0.4) is 0 Å². The lowest BCUT2D eigenvalue weighted by atomic mass is 10.2. The monoisotopic (exact) mass is 238 g/mol. The molecule has 5 heteroatoms. The first-order valence-corrected chi connectivity index (χ1v) is 6.61. The molecule has 0 aromatic carbocycles. The molecule has 2 atom stereocenters. The quantitative estimate of drug-likeness (QED) is 0.748. The lowest BCUT2D eigenvalue weighted by Gasteiger charge is -2.18. The maximum atomic E-state index is 11.8. The van der Waals surface area contributed by atoms with Crippen LogP contribution in [0, 0.1) is 0 Å². The highest BCUT2D eigenvalue weighted by atomic mass is 32.1. The van der Waals surface area contributed by atoms with Gasteiger partial charge in [-0.1, -0.05) is 0 Å². The predicted molar refractivity (Wildman–Crippen MR) is 60.0 cm³/mol. The third-order valence-corrected chi connectivity index (χ3v) is 3.79. The molecule has 0 spiro atoms. The van der Waals surface area contributed by atoms with Gasteiger partial charge in [0.2, 0.25) is 5.91 Å². The van der Waals surface area contributed by atoms with E-state index in [9.17, 15) is 4.79 Å². The second-order valence-electron chi connectivity index (χ2n) is 4.27. The first-order valence-electron chi connectivity index (χ1n) is 5.66. The molecule has 3 rings (SSSR count). The van der Waals surface area contributed by atoms with Crippen LogP contribution in [0.1, 0.15) is 25.0 Å². The van der Waals surface area contributed by atoms with Gasteiger partial charge in [0, 0.05) is 24.8 Å². The number of rotatable bonds is 3. The second kappa shape index (κ2) is 4.14. The Hall–Kier alpha value is -0.940. The van der Waals surface area contributed by atoms with Crippen LogP contribution in [0.15, 0.2) is 10.9 Å². The molecule has 0 aliphatic carbocycles. The Morgan fingerprint density at radius 1 is 1.62 bits per heavy atom. The van der Waals surface area contributed by atoms with E-state index in [4.69, 9.17) is 4.74 Å². The zero-order valence-corrected chi connectivity index (χ0v) is 9.78. The molecule has 3 heterocycles. The highest BCUT2D eigenvalue weighted by Gasteiger charge is 2.46. The molecule has 2 fully saturated rings. The highest BCUT2D eigenvalue weighted by molar-refractivity contribution is 7.07. The van der Waals surface area contributed by atoms with Crippen molar-refractivity contribution in [2.45, 2.75) is 38.0 Å². The molecule has 2 saturated heterocycles. The standard InChI is InChI=1S/C11H14N2O2S/c14-10-3-1-2-9-11(15-9)13(10)5-4-8-6-16-7-12-8/h6-7,9,11H,1-5H2. The van der Waals surface area contributed by atoms with Gasteiger partial charge in [-0.3, -0.25) is 4.79 Å². The number of nitrogens with zero attached hydrogens (tertiary/aromatic N) is 2. The summed E-state index contributed by atoms with van der Waals surface area (Å²) < 4.78 is 5.50. The molecule has 0 bridgehead atoms. The van der Waals surface area contributed by atoms with Gasteiger partial charge in [-0.25, -0.2) is 4.98 Å². The van der Waals surface area contributed by atoms with E-state index in [1.54, 1.807) is 11.3 Å². The van der Waals surface area contributed by atoms with E-state index in [2.05, 4.69) is 4.98 Å². The molecule has 86 valence electrons. The first-order chi connectivity index (χ1) is 7.84. The molecule has 4 nitrogen and oxygen atoms in total. The third-order valence-electron chi connectivity index (χ3n) is 3.15. The Morgan fingerprint density at radius 2 is 2.56 bits per heavy atom. The molecule has 0 saturated carbocycles. The number of amides is 1. The summed E-state index contributed by atoms with van der Waals surface area (Å²) in [5.41, 5.74) is 2.90. The molecule has 16 heavy (non-hydrogen) atoms. The average Bonchev–Trinajstić information content (AvgIpc) is 2.86. The van der Waals surface area contributed by atoms with Gasteiger partial charge in [-0.05, 0) is 12.8 Å². The van der Waals surface area contributed by atoms with Crippen molar-refractivity contribution >= 4 is 17.2 Å². The van der Waals surface area contributed by atoms with Crippen molar-refractivity contribution in [2.24, 2.45) is 0 Å². The van der Waals surface area contributed by atoms with Crippen LogP contribution in [0.4, 0.5) is 0 Å². The van der Waals surface area contributed by atoms with Gasteiger partial charge in [0.05, 0.1) is 11.2 Å². The normalized spacial score (nSPS) is 28.8. The fourth-order valence-electron chi connectivity index (χ4n) is 2.21. The van der Waals surface area contributed by atoms with E-state index in [0.717, 1.165) is 31.5 Å². The summed E-state index contributed by atoms with van der Waals surface area (Å²) in [6, 6.07) is 0. The smallest absolute Gasteiger partial charge is 0.224 e. The van der Waals surface area contributed by atoms with Crippen molar-refractivity contribution in [2.75, 3.05) is 6.54 Å². The number of thiazole rings is 1. The number of carbonyl (C=O) groups excluding carboxylic acids is 1. The number of ether oxygens (including phenoxy) is 1. The largest absolute Gasteiger partial charge is 0.348 e. The molecule has 2 unspecified atom stereocenters. The van der Waals surface area contributed by atoms with Crippen LogP contribution < -0.4 is 0 Å². The summed E-state index contributed by atoms with van der Waals surface area (Å²) >= 11 is 1.60. The SMILES string of the molecule is O=C1CCCC2OC2N1CCc1cscn1. The zero-order chi connectivity index (χ0) is 11.0. The fourth-order valence-corrected chi connectivity index (χ4v) is 2.80. The van der Waals surface area contributed by atoms with Gasteiger partial charge in [0.1, 0.15) is 6.10 Å². The number of hydrogen-bond acceptors (Lipinski definition) is 4. The number of hydrogen-bond donors (Lipinski definition) is 0. The van der Waals surface area contributed by atoms with E-state index >= 15 is 0 Å². The van der Waals surface area contributed by atoms with Crippen molar-refractivity contribution in [1.29, 1.82) is 0 Å². The van der Waals surface area contributed by atoms with E-state index in [-0.39, 0.29) is 12.1 Å². The maximum absolute atomic E-state index is 11.8. The Bertz CT molecular complexity index is 379. The molecule has 2 aliphatic rings. The lowest BCUT2D eigenvalue weighted by Crippen LogP contribution is -2.35. The summed E-state index contributed by atoms with van der Waals surface area (Å²) in [5.74, 6) is 0.236. The summed E-state index contributed by atoms with van der Waals surface area (Å²) in [6.07, 6.45) is 3.88. The maximum Gasteiger partial charge on any atom is 0.224 e. The summed E-state index contributed by atoms with van der Waals surface area (Å²) in [6.45, 7) is 0.740. The van der Waals surface area contributed by atoms with Crippen LogP contribution in [-0.4, -0.2) is 34.7 Å².